The van der Waals surface area contributed by atoms with E-state index in [-0.39, 0.29) is 0 Å². The highest BCUT2D eigenvalue weighted by Gasteiger charge is 2.06. The van der Waals surface area contributed by atoms with Crippen molar-refractivity contribution in [3.8, 4) is 5.75 Å². The maximum atomic E-state index is 5.03. The van der Waals surface area contributed by atoms with Gasteiger partial charge in [0.1, 0.15) is 16.8 Å². The number of methoxy groups -OCH3 is 1. The predicted molar refractivity (Wildman–Crippen MR) is 46.1 cm³/mol. The van der Waals surface area contributed by atoms with E-state index in [1.807, 2.05) is 6.07 Å². The Hall–Kier alpha value is -1.10. The van der Waals surface area contributed by atoms with Gasteiger partial charge in [-0.2, -0.15) is 0 Å². The predicted octanol–water partition coefficient (Wildman–Crippen LogP) is 1.99. The lowest BCUT2D eigenvalue weighted by atomic mass is 10.3. The van der Waals surface area contributed by atoms with Crippen LogP contribution in [0.25, 0.3) is 11.0 Å². The van der Waals surface area contributed by atoms with Gasteiger partial charge in [0.05, 0.1) is 11.6 Å². The third kappa shape index (κ3) is 1.06. The van der Waals surface area contributed by atoms with Gasteiger partial charge < -0.3 is 4.74 Å². The van der Waals surface area contributed by atoms with Gasteiger partial charge in [-0.3, -0.25) is 0 Å². The van der Waals surface area contributed by atoms with Gasteiger partial charge in [0.2, 0.25) is 0 Å². The fourth-order valence-corrected chi connectivity index (χ4v) is 1.44. The summed E-state index contributed by atoms with van der Waals surface area (Å²) in [5, 5.41) is 7.40. The maximum absolute atomic E-state index is 5.03. The molecule has 0 radical (unpaired) electrons. The summed E-state index contributed by atoms with van der Waals surface area (Å²) in [6, 6.07) is 3.57. The summed E-state index contributed by atoms with van der Waals surface area (Å²) in [4.78, 5) is 0. The van der Waals surface area contributed by atoms with E-state index in [2.05, 4.69) is 30.9 Å². The summed E-state index contributed by atoms with van der Waals surface area (Å²) in [6.07, 6.45) is 0. The van der Waals surface area contributed by atoms with Crippen LogP contribution in [0.5, 0.6) is 5.75 Å². The number of halogens is 1. The number of nitrogens with zero attached hydrogens (tertiary/aromatic N) is 2. The summed E-state index contributed by atoms with van der Waals surface area (Å²) in [7, 11) is 1.60. The molecule has 1 aromatic heterocycles. The Morgan fingerprint density at radius 3 is 3.00 bits per heavy atom. The smallest absolute Gasteiger partial charge is 0.149 e. The standard InChI is InChI=1S/C7H5BrN2O2/c1-11-4-2-5(8)7-6(3-4)9-12-10-7/h2-3H,1H3. The summed E-state index contributed by atoms with van der Waals surface area (Å²) in [5.41, 5.74) is 1.39. The molecule has 0 saturated carbocycles. The van der Waals surface area contributed by atoms with Gasteiger partial charge in [0.25, 0.3) is 0 Å². The van der Waals surface area contributed by atoms with E-state index < -0.39 is 0 Å². The molecule has 0 saturated heterocycles. The molecule has 0 aliphatic heterocycles. The largest absolute Gasteiger partial charge is 0.497 e. The molecule has 4 nitrogen and oxygen atoms in total. The van der Waals surface area contributed by atoms with E-state index in [1.165, 1.54) is 0 Å². The zero-order valence-corrected chi connectivity index (χ0v) is 7.83. The van der Waals surface area contributed by atoms with Gasteiger partial charge in [0.15, 0.2) is 0 Å². The zero-order chi connectivity index (χ0) is 8.55. The molecule has 2 aromatic rings. The van der Waals surface area contributed by atoms with Gasteiger partial charge in [-0.15, -0.1) is 0 Å². The minimum Gasteiger partial charge on any atom is -0.497 e. The van der Waals surface area contributed by atoms with Crippen LogP contribution in [-0.2, 0) is 0 Å². The first kappa shape index (κ1) is 7.54. The lowest BCUT2D eigenvalue weighted by Crippen LogP contribution is -1.82. The van der Waals surface area contributed by atoms with E-state index >= 15 is 0 Å². The minimum absolute atomic E-state index is 0.682. The number of aromatic nitrogens is 2. The van der Waals surface area contributed by atoms with E-state index in [9.17, 15) is 0 Å². The van der Waals surface area contributed by atoms with E-state index in [1.54, 1.807) is 13.2 Å². The molecule has 12 heavy (non-hydrogen) atoms. The SMILES string of the molecule is COc1cc(Br)c2nonc2c1. The van der Waals surface area contributed by atoms with Crippen LogP contribution in [0.4, 0.5) is 0 Å². The van der Waals surface area contributed by atoms with Crippen LogP contribution in [0.15, 0.2) is 21.2 Å². The topological polar surface area (TPSA) is 48.2 Å². The third-order valence-electron chi connectivity index (χ3n) is 1.52. The van der Waals surface area contributed by atoms with Crippen molar-refractivity contribution in [3.63, 3.8) is 0 Å². The molecule has 0 unspecified atom stereocenters. The molecule has 0 fully saturated rings. The summed E-state index contributed by atoms with van der Waals surface area (Å²) < 4.78 is 10.4. The van der Waals surface area contributed by atoms with Crippen LogP contribution >= 0.6 is 15.9 Å². The van der Waals surface area contributed by atoms with Gasteiger partial charge in [-0.05, 0) is 32.3 Å². The second-order valence-electron chi connectivity index (χ2n) is 2.24. The summed E-state index contributed by atoms with van der Waals surface area (Å²) in [6.45, 7) is 0. The molecule has 0 N–H and O–H groups in total. The minimum atomic E-state index is 0.682. The average Bonchev–Trinajstić information content (AvgIpc) is 2.52. The molecule has 2 rings (SSSR count). The number of hydrogen-bond acceptors (Lipinski definition) is 4. The van der Waals surface area contributed by atoms with E-state index in [0.29, 0.717) is 11.0 Å². The van der Waals surface area contributed by atoms with E-state index in [4.69, 9.17) is 4.74 Å². The Morgan fingerprint density at radius 1 is 1.42 bits per heavy atom. The highest BCUT2D eigenvalue weighted by atomic mass is 79.9. The molecule has 62 valence electrons. The zero-order valence-electron chi connectivity index (χ0n) is 6.24. The molecule has 1 heterocycles. The molecular weight excluding hydrogens is 224 g/mol. The van der Waals surface area contributed by atoms with Crippen molar-refractivity contribution in [2.75, 3.05) is 7.11 Å². The average molecular weight is 229 g/mol. The number of hydrogen-bond donors (Lipinski definition) is 0. The molecule has 0 atom stereocenters. The number of rotatable bonds is 1. The molecule has 0 aliphatic carbocycles. The third-order valence-corrected chi connectivity index (χ3v) is 2.13. The van der Waals surface area contributed by atoms with Crippen LogP contribution in [0.2, 0.25) is 0 Å². The quantitative estimate of drug-likeness (QED) is 0.750. The van der Waals surface area contributed by atoms with Gasteiger partial charge in [-0.25, -0.2) is 4.63 Å². The van der Waals surface area contributed by atoms with E-state index in [0.717, 1.165) is 10.2 Å². The van der Waals surface area contributed by atoms with Crippen LogP contribution in [0.3, 0.4) is 0 Å². The molecule has 5 heteroatoms. The molecular formula is C7H5BrN2O2. The monoisotopic (exact) mass is 228 g/mol. The van der Waals surface area contributed by atoms with Crippen molar-refractivity contribution in [2.45, 2.75) is 0 Å². The van der Waals surface area contributed by atoms with Gasteiger partial charge in [-0.1, -0.05) is 0 Å². The normalized spacial score (nSPS) is 10.5. The first-order chi connectivity index (χ1) is 5.81. The molecule has 0 aliphatic rings. The lowest BCUT2D eigenvalue weighted by molar-refractivity contribution is 0.315. The maximum Gasteiger partial charge on any atom is 0.149 e. The Kier molecular flexibility index (Phi) is 1.73. The second-order valence-corrected chi connectivity index (χ2v) is 3.10. The Bertz CT molecular complexity index is 413. The summed E-state index contributed by atoms with van der Waals surface area (Å²) >= 11 is 3.33. The Labute approximate surface area is 76.6 Å². The molecule has 0 bridgehead atoms. The first-order valence-electron chi connectivity index (χ1n) is 3.27. The summed E-state index contributed by atoms with van der Waals surface area (Å²) in [5.74, 6) is 0.727. The fraction of sp³-hybridized carbons (Fsp3) is 0.143. The number of fused-ring (bicyclic) bond motifs is 1. The Balaban J connectivity index is 2.75. The van der Waals surface area contributed by atoms with Crippen molar-refractivity contribution >= 4 is 27.0 Å². The van der Waals surface area contributed by atoms with Crippen LogP contribution in [0, 0.1) is 0 Å². The highest BCUT2D eigenvalue weighted by molar-refractivity contribution is 9.10. The number of ether oxygens (including phenoxy) is 1. The van der Waals surface area contributed by atoms with Crippen molar-refractivity contribution in [2.24, 2.45) is 0 Å². The van der Waals surface area contributed by atoms with Crippen molar-refractivity contribution < 1.29 is 9.37 Å². The molecule has 0 amide bonds. The van der Waals surface area contributed by atoms with Gasteiger partial charge in [0, 0.05) is 6.07 Å². The van der Waals surface area contributed by atoms with Crippen LogP contribution < -0.4 is 4.74 Å². The van der Waals surface area contributed by atoms with Crippen LogP contribution in [0.1, 0.15) is 0 Å². The highest BCUT2D eigenvalue weighted by Crippen LogP contribution is 2.26. The van der Waals surface area contributed by atoms with Crippen molar-refractivity contribution in [1.29, 1.82) is 0 Å². The fourth-order valence-electron chi connectivity index (χ4n) is 0.943. The van der Waals surface area contributed by atoms with Crippen molar-refractivity contribution in [1.82, 2.24) is 10.3 Å². The van der Waals surface area contributed by atoms with Gasteiger partial charge >= 0.3 is 0 Å². The van der Waals surface area contributed by atoms with Crippen LogP contribution in [-0.4, -0.2) is 17.4 Å². The first-order valence-corrected chi connectivity index (χ1v) is 4.06. The van der Waals surface area contributed by atoms with Crippen molar-refractivity contribution in [3.05, 3.63) is 16.6 Å². The second kappa shape index (κ2) is 2.75. The molecule has 0 spiro atoms. The lowest BCUT2D eigenvalue weighted by Gasteiger charge is -1.98. The Morgan fingerprint density at radius 2 is 2.25 bits per heavy atom. The molecule has 1 aromatic carbocycles. The number of benzene rings is 1.